The number of anilines is 1. The van der Waals surface area contributed by atoms with Crippen LogP contribution in [0.3, 0.4) is 0 Å². The second-order valence-corrected chi connectivity index (χ2v) is 7.02. The minimum Gasteiger partial charge on any atom is -0.497 e. The smallest absolute Gasteiger partial charge is 0.339 e. The number of hydrogen-bond donors (Lipinski definition) is 1. The Kier molecular flexibility index (Phi) is 6.47. The maximum absolute atomic E-state index is 12.9. The third-order valence-electron chi connectivity index (χ3n) is 3.75. The van der Waals surface area contributed by atoms with Crippen LogP contribution in [0.25, 0.3) is 0 Å². The van der Waals surface area contributed by atoms with Crippen LogP contribution in [0.2, 0.25) is 0 Å². The van der Waals surface area contributed by atoms with Gasteiger partial charge in [-0.05, 0) is 30.3 Å². The molecule has 2 aromatic carbocycles. The largest absolute Gasteiger partial charge is 0.497 e. The zero-order valence-electron chi connectivity index (χ0n) is 15.6. The van der Waals surface area contributed by atoms with Crippen molar-refractivity contribution in [3.8, 4) is 11.5 Å². The van der Waals surface area contributed by atoms with Gasteiger partial charge in [0.2, 0.25) is 0 Å². The molecule has 2 rings (SSSR count). The van der Waals surface area contributed by atoms with Crippen molar-refractivity contribution in [1.29, 1.82) is 0 Å². The van der Waals surface area contributed by atoms with Gasteiger partial charge in [-0.2, -0.15) is 0 Å². The van der Waals surface area contributed by atoms with Gasteiger partial charge in [-0.1, -0.05) is 0 Å². The van der Waals surface area contributed by atoms with Crippen molar-refractivity contribution in [3.05, 3.63) is 47.5 Å². The molecular formula is C18H19NO8S. The van der Waals surface area contributed by atoms with Gasteiger partial charge in [-0.15, -0.1) is 0 Å². The van der Waals surface area contributed by atoms with E-state index in [0.29, 0.717) is 0 Å². The van der Waals surface area contributed by atoms with Crippen molar-refractivity contribution >= 4 is 27.6 Å². The van der Waals surface area contributed by atoms with E-state index in [4.69, 9.17) is 9.47 Å². The van der Waals surface area contributed by atoms with Crippen molar-refractivity contribution in [2.24, 2.45) is 0 Å². The van der Waals surface area contributed by atoms with Gasteiger partial charge in [0, 0.05) is 6.07 Å². The topological polar surface area (TPSA) is 117 Å². The molecule has 0 spiro atoms. The second-order valence-electron chi connectivity index (χ2n) is 5.37. The molecule has 0 fully saturated rings. The summed E-state index contributed by atoms with van der Waals surface area (Å²) in [6, 6.07) is 8.00. The standard InChI is InChI=1S/C18H19NO8S/c1-24-12-6-8-15(25-2)16(10-12)28(22,23)19-14-9-11(17(20)26-3)5-7-13(14)18(21)27-4/h5-10,19H,1-4H3. The number of nitrogens with one attached hydrogen (secondary N) is 1. The van der Waals surface area contributed by atoms with Crippen LogP contribution in [-0.4, -0.2) is 48.8 Å². The van der Waals surface area contributed by atoms with Gasteiger partial charge >= 0.3 is 11.9 Å². The molecule has 0 saturated carbocycles. The molecule has 1 N–H and O–H groups in total. The van der Waals surface area contributed by atoms with Crippen molar-refractivity contribution in [2.45, 2.75) is 4.90 Å². The fourth-order valence-electron chi connectivity index (χ4n) is 2.36. The molecule has 2 aromatic rings. The molecule has 0 aliphatic carbocycles. The first kappa shape index (κ1) is 21.0. The predicted octanol–water partition coefficient (Wildman–Crippen LogP) is 2.08. The molecule has 0 atom stereocenters. The zero-order valence-corrected chi connectivity index (χ0v) is 16.5. The highest BCUT2D eigenvalue weighted by Crippen LogP contribution is 2.31. The number of rotatable bonds is 7. The molecule has 0 amide bonds. The number of sulfonamides is 1. The van der Waals surface area contributed by atoms with E-state index in [1.165, 1.54) is 57.7 Å². The number of carbonyl (C=O) groups is 2. The first-order valence-corrected chi connectivity index (χ1v) is 9.31. The Labute approximate surface area is 162 Å². The Bertz CT molecular complexity index is 1000. The number of ether oxygens (including phenoxy) is 4. The first-order valence-electron chi connectivity index (χ1n) is 7.83. The third-order valence-corrected chi connectivity index (χ3v) is 5.14. The fourth-order valence-corrected chi connectivity index (χ4v) is 3.61. The van der Waals surface area contributed by atoms with Crippen molar-refractivity contribution in [1.82, 2.24) is 0 Å². The lowest BCUT2D eigenvalue weighted by molar-refractivity contribution is 0.0587. The molecule has 150 valence electrons. The lowest BCUT2D eigenvalue weighted by Crippen LogP contribution is -2.18. The van der Waals surface area contributed by atoms with E-state index < -0.39 is 22.0 Å². The van der Waals surface area contributed by atoms with Crippen LogP contribution in [0.15, 0.2) is 41.3 Å². The van der Waals surface area contributed by atoms with Gasteiger partial charge < -0.3 is 18.9 Å². The molecule has 0 aromatic heterocycles. The first-order chi connectivity index (χ1) is 13.3. The van der Waals surface area contributed by atoms with Crippen LogP contribution in [0.4, 0.5) is 5.69 Å². The van der Waals surface area contributed by atoms with Crippen molar-refractivity contribution < 1.29 is 37.0 Å². The minimum absolute atomic E-state index is 0.0467. The Balaban J connectivity index is 2.59. The summed E-state index contributed by atoms with van der Waals surface area (Å²) in [6.07, 6.45) is 0. The molecule has 9 nitrogen and oxygen atoms in total. The lowest BCUT2D eigenvalue weighted by Gasteiger charge is -2.15. The van der Waals surface area contributed by atoms with Crippen LogP contribution >= 0.6 is 0 Å². The van der Waals surface area contributed by atoms with E-state index in [0.717, 1.165) is 7.11 Å². The predicted molar refractivity (Wildman–Crippen MR) is 99.5 cm³/mol. The Morgan fingerprint density at radius 3 is 2.11 bits per heavy atom. The summed E-state index contributed by atoms with van der Waals surface area (Å²) >= 11 is 0. The van der Waals surface area contributed by atoms with Gasteiger partial charge in [0.05, 0.1) is 45.3 Å². The summed E-state index contributed by atoms with van der Waals surface area (Å²) < 4.78 is 47.7. The number of esters is 2. The van der Waals surface area contributed by atoms with Crippen molar-refractivity contribution in [3.63, 3.8) is 0 Å². The summed E-state index contributed by atoms with van der Waals surface area (Å²) in [7, 11) is 0.826. The highest BCUT2D eigenvalue weighted by atomic mass is 32.2. The third kappa shape index (κ3) is 4.34. The molecule has 10 heteroatoms. The van der Waals surface area contributed by atoms with Crippen LogP contribution in [0.5, 0.6) is 11.5 Å². The van der Waals surface area contributed by atoms with Crippen LogP contribution in [0, 0.1) is 0 Å². The van der Waals surface area contributed by atoms with E-state index in [1.807, 2.05) is 0 Å². The number of benzene rings is 2. The number of hydrogen-bond acceptors (Lipinski definition) is 8. The van der Waals surface area contributed by atoms with E-state index in [1.54, 1.807) is 0 Å². The van der Waals surface area contributed by atoms with Gasteiger partial charge in [-0.3, -0.25) is 4.72 Å². The molecular weight excluding hydrogens is 390 g/mol. The monoisotopic (exact) mass is 409 g/mol. The maximum Gasteiger partial charge on any atom is 0.339 e. The van der Waals surface area contributed by atoms with E-state index in [9.17, 15) is 18.0 Å². The van der Waals surface area contributed by atoms with Crippen LogP contribution in [0.1, 0.15) is 20.7 Å². The van der Waals surface area contributed by atoms with Crippen LogP contribution in [-0.2, 0) is 19.5 Å². The SMILES string of the molecule is COC(=O)c1ccc(C(=O)OC)c(NS(=O)(=O)c2cc(OC)ccc2OC)c1. The Morgan fingerprint density at radius 1 is 0.857 bits per heavy atom. The summed E-state index contributed by atoms with van der Waals surface area (Å²) in [5.74, 6) is -1.13. The summed E-state index contributed by atoms with van der Waals surface area (Å²) in [5, 5.41) is 0. The van der Waals surface area contributed by atoms with Crippen LogP contribution < -0.4 is 14.2 Å². The lowest BCUT2D eigenvalue weighted by atomic mass is 10.1. The number of methoxy groups -OCH3 is 4. The molecule has 0 radical (unpaired) electrons. The molecule has 0 heterocycles. The average molecular weight is 409 g/mol. The number of carbonyl (C=O) groups excluding carboxylic acids is 2. The average Bonchev–Trinajstić information content (AvgIpc) is 2.71. The van der Waals surface area contributed by atoms with E-state index in [2.05, 4.69) is 14.2 Å². The normalized spacial score (nSPS) is 10.7. The Hall–Kier alpha value is -3.27. The van der Waals surface area contributed by atoms with Crippen molar-refractivity contribution in [2.75, 3.05) is 33.2 Å². The zero-order chi connectivity index (χ0) is 20.9. The molecule has 0 saturated heterocycles. The van der Waals surface area contributed by atoms with E-state index in [-0.39, 0.29) is 33.2 Å². The molecule has 0 aliphatic rings. The summed E-state index contributed by atoms with van der Waals surface area (Å²) in [4.78, 5) is 23.6. The second kappa shape index (κ2) is 8.61. The van der Waals surface area contributed by atoms with Gasteiger partial charge in [0.15, 0.2) is 0 Å². The van der Waals surface area contributed by atoms with Gasteiger partial charge in [-0.25, -0.2) is 18.0 Å². The fraction of sp³-hybridized carbons (Fsp3) is 0.222. The Morgan fingerprint density at radius 2 is 1.54 bits per heavy atom. The minimum atomic E-state index is -4.22. The molecule has 0 bridgehead atoms. The van der Waals surface area contributed by atoms with E-state index >= 15 is 0 Å². The van der Waals surface area contributed by atoms with Gasteiger partial charge in [0.25, 0.3) is 10.0 Å². The highest BCUT2D eigenvalue weighted by molar-refractivity contribution is 7.92. The maximum atomic E-state index is 12.9. The van der Waals surface area contributed by atoms with Gasteiger partial charge in [0.1, 0.15) is 16.4 Å². The summed E-state index contributed by atoms with van der Waals surface area (Å²) in [6.45, 7) is 0. The summed E-state index contributed by atoms with van der Waals surface area (Å²) in [5.41, 5.74) is -0.189. The molecule has 0 aliphatic heterocycles. The molecule has 28 heavy (non-hydrogen) atoms. The quantitative estimate of drug-likeness (QED) is 0.691. The highest BCUT2D eigenvalue weighted by Gasteiger charge is 2.24. The molecule has 0 unspecified atom stereocenters.